The quantitative estimate of drug-likeness (QED) is 0.538. The predicted molar refractivity (Wildman–Crippen MR) is 119 cm³/mol. The molecule has 8 nitrogen and oxygen atoms in total. The molecule has 6 rings (SSSR count). The number of nitrogens with zero attached hydrogens (tertiary/aromatic N) is 5. The van der Waals surface area contributed by atoms with Crippen LogP contribution in [0.2, 0.25) is 0 Å². The van der Waals surface area contributed by atoms with Crippen molar-refractivity contribution >= 4 is 5.65 Å². The first-order valence-electron chi connectivity index (χ1n) is 11.0. The first kappa shape index (κ1) is 19.2. The Labute approximate surface area is 184 Å². The maximum absolute atomic E-state index is 13.1. The van der Waals surface area contributed by atoms with Crippen molar-refractivity contribution in [1.29, 1.82) is 0 Å². The number of benzene rings is 1. The molecular weight excluding hydrogens is 404 g/mol. The lowest BCUT2D eigenvalue weighted by atomic mass is 9.98. The minimum Gasteiger partial charge on any atom is -0.424 e. The van der Waals surface area contributed by atoms with E-state index in [0.717, 1.165) is 49.2 Å². The Morgan fingerprint density at radius 1 is 1.09 bits per heavy atom. The minimum atomic E-state index is 0.0511. The Balaban J connectivity index is 1.23. The summed E-state index contributed by atoms with van der Waals surface area (Å²) in [5, 5.41) is 3.12. The van der Waals surface area contributed by atoms with Crippen LogP contribution in [0, 0.1) is 6.92 Å². The highest BCUT2D eigenvalue weighted by Crippen LogP contribution is 2.34. The van der Waals surface area contributed by atoms with Crippen LogP contribution in [0.4, 0.5) is 0 Å². The Hall–Kier alpha value is -3.52. The highest BCUT2D eigenvalue weighted by molar-refractivity contribution is 5.42. The molecule has 2 aliphatic heterocycles. The minimum absolute atomic E-state index is 0.0511. The average Bonchev–Trinajstić information content (AvgIpc) is 3.30. The zero-order valence-electron chi connectivity index (χ0n) is 17.9. The number of aryl methyl sites for hydroxylation is 1. The summed E-state index contributed by atoms with van der Waals surface area (Å²) in [5.74, 6) is 0.716. The van der Waals surface area contributed by atoms with Gasteiger partial charge in [0.1, 0.15) is 5.75 Å². The number of rotatable bonds is 4. The summed E-state index contributed by atoms with van der Waals surface area (Å²) in [5.41, 5.74) is 4.78. The van der Waals surface area contributed by atoms with Gasteiger partial charge in [0.05, 0.1) is 5.69 Å². The lowest BCUT2D eigenvalue weighted by Gasteiger charge is -2.27. The van der Waals surface area contributed by atoms with Crippen molar-refractivity contribution in [2.75, 3.05) is 0 Å². The normalized spacial score (nSPS) is 20.3. The number of aromatic amines is 1. The van der Waals surface area contributed by atoms with E-state index in [1.807, 2.05) is 25.1 Å². The van der Waals surface area contributed by atoms with Crippen LogP contribution in [0.1, 0.15) is 35.4 Å². The van der Waals surface area contributed by atoms with E-state index in [1.54, 1.807) is 23.0 Å². The molecule has 2 aliphatic rings. The second-order valence-corrected chi connectivity index (χ2v) is 8.72. The van der Waals surface area contributed by atoms with Gasteiger partial charge in [0, 0.05) is 54.8 Å². The largest absolute Gasteiger partial charge is 0.424 e. The third kappa shape index (κ3) is 3.36. The monoisotopic (exact) mass is 428 g/mol. The SMILES string of the molecule is Cc1cc2nc3c(c(=O)n2[nH]1)C[C@@H]1CC[C@@H](C3)N1Cc1ccc(Oc2ncccn2)cc1. The number of H-pyrrole nitrogens is 1. The van der Waals surface area contributed by atoms with E-state index in [4.69, 9.17) is 9.72 Å². The van der Waals surface area contributed by atoms with E-state index in [0.29, 0.717) is 29.5 Å². The lowest BCUT2D eigenvalue weighted by Crippen LogP contribution is -2.36. The third-order valence-corrected chi connectivity index (χ3v) is 6.60. The van der Waals surface area contributed by atoms with E-state index >= 15 is 0 Å². The smallest absolute Gasteiger partial charge is 0.321 e. The lowest BCUT2D eigenvalue weighted by molar-refractivity contribution is 0.187. The molecule has 0 unspecified atom stereocenters. The molecule has 0 amide bonds. The van der Waals surface area contributed by atoms with E-state index in [-0.39, 0.29) is 5.56 Å². The molecule has 0 spiro atoms. The van der Waals surface area contributed by atoms with Crippen LogP contribution in [-0.4, -0.2) is 41.5 Å². The van der Waals surface area contributed by atoms with Crippen LogP contribution in [0.15, 0.2) is 53.6 Å². The molecule has 8 heteroatoms. The molecule has 1 fully saturated rings. The second-order valence-electron chi connectivity index (χ2n) is 8.72. The average molecular weight is 428 g/mol. The number of nitrogens with one attached hydrogen (secondary N) is 1. The summed E-state index contributed by atoms with van der Waals surface area (Å²) in [4.78, 5) is 28.7. The molecular formula is C24H24N6O2. The molecule has 162 valence electrons. The molecule has 1 saturated heterocycles. The summed E-state index contributed by atoms with van der Waals surface area (Å²) in [6.07, 6.45) is 7.16. The van der Waals surface area contributed by atoms with Crippen LogP contribution < -0.4 is 10.3 Å². The third-order valence-electron chi connectivity index (χ3n) is 6.60. The first-order chi connectivity index (χ1) is 15.6. The van der Waals surface area contributed by atoms with Gasteiger partial charge in [-0.1, -0.05) is 12.1 Å². The van der Waals surface area contributed by atoms with Gasteiger partial charge in [-0.15, -0.1) is 0 Å². The van der Waals surface area contributed by atoms with Crippen molar-refractivity contribution in [1.82, 2.24) is 29.5 Å². The van der Waals surface area contributed by atoms with Gasteiger partial charge < -0.3 is 4.74 Å². The number of ether oxygens (including phenoxy) is 1. The Bertz CT molecular complexity index is 1330. The van der Waals surface area contributed by atoms with Crippen molar-refractivity contribution in [3.63, 3.8) is 0 Å². The molecule has 0 aliphatic carbocycles. The van der Waals surface area contributed by atoms with Gasteiger partial charge in [-0.25, -0.2) is 19.5 Å². The summed E-state index contributed by atoms with van der Waals surface area (Å²) in [6, 6.07) is 12.9. The van der Waals surface area contributed by atoms with Gasteiger partial charge in [0.15, 0.2) is 5.65 Å². The summed E-state index contributed by atoms with van der Waals surface area (Å²) in [6.45, 7) is 2.80. The standard InChI is InChI=1S/C24H24N6O2/c1-15-11-22-27-21-13-18-6-5-17(12-20(21)23(31)30(22)28-15)29(18)14-16-3-7-19(8-4-16)32-24-25-9-2-10-26-24/h2-4,7-11,17-18,28H,5-6,12-14H2,1H3/t17-,18-/m0/s1. The number of hydrogen-bond acceptors (Lipinski definition) is 6. The molecule has 1 aromatic carbocycles. The van der Waals surface area contributed by atoms with Crippen molar-refractivity contribution in [2.45, 2.75) is 51.2 Å². The van der Waals surface area contributed by atoms with Crippen LogP contribution >= 0.6 is 0 Å². The molecule has 2 atom stereocenters. The van der Waals surface area contributed by atoms with Gasteiger partial charge in [0.25, 0.3) is 5.56 Å². The highest BCUT2D eigenvalue weighted by atomic mass is 16.5. The van der Waals surface area contributed by atoms with Gasteiger partial charge in [-0.05, 0) is 49.9 Å². The van der Waals surface area contributed by atoms with E-state index in [2.05, 4.69) is 32.1 Å². The fourth-order valence-corrected chi connectivity index (χ4v) is 5.09. The molecule has 1 N–H and O–H groups in total. The topological polar surface area (TPSA) is 88.4 Å². The molecule has 4 aromatic rings. The maximum atomic E-state index is 13.1. The Morgan fingerprint density at radius 3 is 2.62 bits per heavy atom. The summed E-state index contributed by atoms with van der Waals surface area (Å²) < 4.78 is 7.30. The molecule has 0 saturated carbocycles. The van der Waals surface area contributed by atoms with Crippen LogP contribution in [0.5, 0.6) is 11.8 Å². The number of fused-ring (bicyclic) bond motifs is 4. The van der Waals surface area contributed by atoms with Gasteiger partial charge in [0.2, 0.25) is 0 Å². The van der Waals surface area contributed by atoms with Crippen molar-refractivity contribution in [2.24, 2.45) is 0 Å². The summed E-state index contributed by atoms with van der Waals surface area (Å²) in [7, 11) is 0. The highest BCUT2D eigenvalue weighted by Gasteiger charge is 2.38. The Kier molecular flexibility index (Phi) is 4.53. The van der Waals surface area contributed by atoms with E-state index in [9.17, 15) is 4.79 Å². The zero-order valence-corrected chi connectivity index (χ0v) is 17.9. The fourth-order valence-electron chi connectivity index (χ4n) is 5.09. The molecule has 3 aromatic heterocycles. The predicted octanol–water partition coefficient (Wildman–Crippen LogP) is 3.05. The van der Waals surface area contributed by atoms with Crippen molar-refractivity contribution < 1.29 is 4.74 Å². The van der Waals surface area contributed by atoms with Gasteiger partial charge in [-0.2, -0.15) is 0 Å². The van der Waals surface area contributed by atoms with Crippen LogP contribution in [0.25, 0.3) is 5.65 Å². The first-order valence-corrected chi connectivity index (χ1v) is 11.0. The second kappa shape index (κ2) is 7.56. The van der Waals surface area contributed by atoms with Crippen LogP contribution in [0.3, 0.4) is 0 Å². The summed E-state index contributed by atoms with van der Waals surface area (Å²) >= 11 is 0. The maximum Gasteiger partial charge on any atom is 0.321 e. The van der Waals surface area contributed by atoms with E-state index < -0.39 is 0 Å². The fraction of sp³-hybridized carbons (Fsp3) is 0.333. The molecule has 0 radical (unpaired) electrons. The molecule has 32 heavy (non-hydrogen) atoms. The Morgan fingerprint density at radius 2 is 1.84 bits per heavy atom. The number of aromatic nitrogens is 5. The van der Waals surface area contributed by atoms with E-state index in [1.165, 1.54) is 5.56 Å². The van der Waals surface area contributed by atoms with Gasteiger partial charge >= 0.3 is 6.01 Å². The zero-order chi connectivity index (χ0) is 21.7. The van der Waals surface area contributed by atoms with Gasteiger partial charge in [-0.3, -0.25) is 14.8 Å². The molecule has 2 bridgehead atoms. The number of hydrogen-bond donors (Lipinski definition) is 1. The molecule has 5 heterocycles. The van der Waals surface area contributed by atoms with Crippen molar-refractivity contribution in [3.8, 4) is 11.8 Å². The van der Waals surface area contributed by atoms with Crippen LogP contribution in [-0.2, 0) is 19.4 Å². The van der Waals surface area contributed by atoms with Crippen molar-refractivity contribution in [3.05, 3.63) is 81.7 Å².